The van der Waals surface area contributed by atoms with Crippen LogP contribution in [0.4, 0.5) is 0 Å². The zero-order valence-electron chi connectivity index (χ0n) is 20.2. The lowest BCUT2D eigenvalue weighted by Crippen LogP contribution is -2.45. The molecule has 190 valence electrons. The van der Waals surface area contributed by atoms with E-state index in [0.29, 0.717) is 45.6 Å². The minimum Gasteiger partial charge on any atom is -0.504 e. The van der Waals surface area contributed by atoms with Gasteiger partial charge in [0.15, 0.2) is 23.2 Å². The average Bonchev–Trinajstić information content (AvgIpc) is 2.84. The Morgan fingerprint density at radius 1 is 1.14 bits per heavy atom. The number of benzene rings is 2. The van der Waals surface area contributed by atoms with Gasteiger partial charge >= 0.3 is 5.97 Å². The molecule has 3 rings (SSSR count). The lowest BCUT2D eigenvalue weighted by Gasteiger charge is -2.30. The molecule has 0 bridgehead atoms. The summed E-state index contributed by atoms with van der Waals surface area (Å²) in [5.74, 6) is -0.231. The molecule has 10 nitrogen and oxygen atoms in total. The summed E-state index contributed by atoms with van der Waals surface area (Å²) in [7, 11) is 0. The van der Waals surface area contributed by atoms with E-state index in [1.165, 1.54) is 12.3 Å². The number of nitrogens with zero attached hydrogens (tertiary/aromatic N) is 1. The number of allylic oxidation sites excluding steroid dienone is 1. The fourth-order valence-electron chi connectivity index (χ4n) is 3.49. The highest BCUT2D eigenvalue weighted by Crippen LogP contribution is 2.33. The summed E-state index contributed by atoms with van der Waals surface area (Å²) in [4.78, 5) is 25.0. The van der Waals surface area contributed by atoms with Crippen LogP contribution >= 0.6 is 12.2 Å². The molecule has 1 amide bonds. The molecule has 2 aromatic rings. The van der Waals surface area contributed by atoms with E-state index in [-0.39, 0.29) is 19.0 Å². The van der Waals surface area contributed by atoms with Gasteiger partial charge in [-0.2, -0.15) is 5.10 Å². The number of phenols is 1. The maximum atomic E-state index is 12.6. The summed E-state index contributed by atoms with van der Waals surface area (Å²) in [6, 6.07) is 11.1. The Labute approximate surface area is 214 Å². The van der Waals surface area contributed by atoms with Crippen LogP contribution in [0.25, 0.3) is 0 Å². The second-order valence-electron chi connectivity index (χ2n) is 7.57. The number of carbonyl (C=O) groups excluding carboxylic acids is 2. The molecule has 0 spiro atoms. The number of hydrazone groups is 1. The van der Waals surface area contributed by atoms with Crippen molar-refractivity contribution >= 4 is 35.4 Å². The number of carbonyl (C=O) groups is 2. The highest BCUT2D eigenvalue weighted by atomic mass is 32.1. The van der Waals surface area contributed by atoms with Gasteiger partial charge < -0.3 is 30.0 Å². The number of rotatable bonds is 10. The van der Waals surface area contributed by atoms with E-state index in [2.05, 4.69) is 21.2 Å². The zero-order valence-corrected chi connectivity index (χ0v) is 21.0. The van der Waals surface area contributed by atoms with Crippen molar-refractivity contribution in [2.24, 2.45) is 5.10 Å². The molecule has 1 aliphatic rings. The van der Waals surface area contributed by atoms with Crippen LogP contribution in [-0.4, -0.2) is 48.1 Å². The first-order chi connectivity index (χ1) is 17.3. The molecule has 0 saturated carbocycles. The Kier molecular flexibility index (Phi) is 9.23. The van der Waals surface area contributed by atoms with Crippen LogP contribution in [0.3, 0.4) is 0 Å². The van der Waals surface area contributed by atoms with Crippen LogP contribution in [0.2, 0.25) is 0 Å². The summed E-state index contributed by atoms with van der Waals surface area (Å²) in [5.41, 5.74) is 4.59. The molecule has 0 aromatic heterocycles. The standard InChI is InChI=1S/C25H28N4O6S/c1-4-33-20-12-16(10-11-18(20)30)13-26-29-21(31)14-35-19-9-7-6-8-17(19)23-22(24(32)34-5-2)15(3)27-25(36)28-23/h6-13,23,30H,4-5,14H2,1-3H3,(H,29,31)(H2,27,28,36)/t23-/m1/s1. The number of para-hydroxylation sites is 1. The molecule has 0 unspecified atom stereocenters. The predicted octanol–water partition coefficient (Wildman–Crippen LogP) is 2.68. The van der Waals surface area contributed by atoms with E-state index in [1.54, 1.807) is 50.2 Å². The monoisotopic (exact) mass is 512 g/mol. The number of phenolic OH excluding ortho intramolecular Hbond substituents is 1. The summed E-state index contributed by atoms with van der Waals surface area (Å²) < 4.78 is 16.3. The topological polar surface area (TPSA) is 131 Å². The summed E-state index contributed by atoms with van der Waals surface area (Å²) in [6.45, 7) is 5.59. The first kappa shape index (κ1) is 26.5. The highest BCUT2D eigenvalue weighted by Gasteiger charge is 2.32. The number of amides is 1. The van der Waals surface area contributed by atoms with Crippen LogP contribution in [0.5, 0.6) is 17.2 Å². The smallest absolute Gasteiger partial charge is 0.338 e. The van der Waals surface area contributed by atoms with Gasteiger partial charge in [0.1, 0.15) is 5.75 Å². The summed E-state index contributed by atoms with van der Waals surface area (Å²) >= 11 is 5.28. The van der Waals surface area contributed by atoms with E-state index in [4.69, 9.17) is 26.4 Å². The lowest BCUT2D eigenvalue weighted by molar-refractivity contribution is -0.139. The Morgan fingerprint density at radius 2 is 1.92 bits per heavy atom. The second-order valence-corrected chi connectivity index (χ2v) is 7.98. The molecule has 2 aromatic carbocycles. The molecule has 36 heavy (non-hydrogen) atoms. The van der Waals surface area contributed by atoms with Crippen molar-refractivity contribution in [3.05, 3.63) is 64.9 Å². The third-order valence-electron chi connectivity index (χ3n) is 5.04. The van der Waals surface area contributed by atoms with Crippen LogP contribution in [0.1, 0.15) is 37.9 Å². The number of thiocarbonyl (C=S) groups is 1. The van der Waals surface area contributed by atoms with Crippen molar-refractivity contribution in [1.82, 2.24) is 16.1 Å². The minimum absolute atomic E-state index is 0.0188. The van der Waals surface area contributed by atoms with E-state index in [9.17, 15) is 14.7 Å². The molecule has 11 heteroatoms. The zero-order chi connectivity index (χ0) is 26.1. The quantitative estimate of drug-likeness (QED) is 0.164. The van der Waals surface area contributed by atoms with Gasteiger partial charge in [-0.15, -0.1) is 0 Å². The maximum absolute atomic E-state index is 12.6. The summed E-state index contributed by atoms with van der Waals surface area (Å²) in [6.07, 6.45) is 1.42. The SMILES string of the molecule is CCOC(=O)C1=C(C)NC(=S)N[C@@H]1c1ccccc1OCC(=O)NN=Cc1ccc(O)c(OCC)c1. The predicted molar refractivity (Wildman–Crippen MR) is 138 cm³/mol. The molecule has 0 fully saturated rings. The van der Waals surface area contributed by atoms with Gasteiger partial charge in [-0.05, 0) is 62.8 Å². The maximum Gasteiger partial charge on any atom is 0.338 e. The van der Waals surface area contributed by atoms with Gasteiger partial charge in [0.2, 0.25) is 0 Å². The van der Waals surface area contributed by atoms with E-state index in [0.717, 1.165) is 0 Å². The van der Waals surface area contributed by atoms with Gasteiger partial charge in [0.25, 0.3) is 5.91 Å². The van der Waals surface area contributed by atoms with Crippen molar-refractivity contribution in [2.45, 2.75) is 26.8 Å². The number of hydrogen-bond acceptors (Lipinski definition) is 8. The fraction of sp³-hybridized carbons (Fsp3) is 0.280. The Bertz CT molecular complexity index is 1200. The first-order valence-corrected chi connectivity index (χ1v) is 11.7. The van der Waals surface area contributed by atoms with Crippen LogP contribution < -0.4 is 25.5 Å². The Hall–Kier alpha value is -4.12. The fourth-order valence-corrected chi connectivity index (χ4v) is 3.76. The van der Waals surface area contributed by atoms with Crippen molar-refractivity contribution in [2.75, 3.05) is 19.8 Å². The molecular formula is C25H28N4O6S. The van der Waals surface area contributed by atoms with Gasteiger partial charge in [0, 0.05) is 11.3 Å². The molecule has 0 saturated heterocycles. The van der Waals surface area contributed by atoms with E-state index < -0.39 is 17.9 Å². The number of esters is 1. The van der Waals surface area contributed by atoms with Crippen molar-refractivity contribution in [3.8, 4) is 17.2 Å². The van der Waals surface area contributed by atoms with Crippen LogP contribution in [-0.2, 0) is 14.3 Å². The van der Waals surface area contributed by atoms with Crippen molar-refractivity contribution in [1.29, 1.82) is 0 Å². The van der Waals surface area contributed by atoms with Crippen LogP contribution in [0, 0.1) is 0 Å². The van der Waals surface area contributed by atoms with E-state index in [1.807, 2.05) is 6.92 Å². The minimum atomic E-state index is -0.621. The third-order valence-corrected chi connectivity index (χ3v) is 5.26. The molecule has 0 aliphatic carbocycles. The molecule has 1 heterocycles. The Morgan fingerprint density at radius 3 is 2.67 bits per heavy atom. The van der Waals surface area contributed by atoms with Crippen LogP contribution in [0.15, 0.2) is 58.8 Å². The largest absolute Gasteiger partial charge is 0.504 e. The van der Waals surface area contributed by atoms with Gasteiger partial charge in [-0.25, -0.2) is 10.2 Å². The number of hydrogen-bond donors (Lipinski definition) is 4. The number of ether oxygens (including phenoxy) is 3. The highest BCUT2D eigenvalue weighted by molar-refractivity contribution is 7.80. The summed E-state index contributed by atoms with van der Waals surface area (Å²) in [5, 5.41) is 20.1. The van der Waals surface area contributed by atoms with Crippen molar-refractivity contribution < 1.29 is 28.9 Å². The van der Waals surface area contributed by atoms with Gasteiger partial charge in [-0.3, -0.25) is 4.79 Å². The first-order valence-electron chi connectivity index (χ1n) is 11.3. The van der Waals surface area contributed by atoms with E-state index >= 15 is 0 Å². The third kappa shape index (κ3) is 6.72. The molecule has 1 aliphatic heterocycles. The molecule has 4 N–H and O–H groups in total. The van der Waals surface area contributed by atoms with Crippen molar-refractivity contribution in [3.63, 3.8) is 0 Å². The lowest BCUT2D eigenvalue weighted by atomic mass is 9.95. The van der Waals surface area contributed by atoms with Gasteiger partial charge in [-0.1, -0.05) is 18.2 Å². The van der Waals surface area contributed by atoms with Gasteiger partial charge in [0.05, 0.1) is 31.0 Å². The second kappa shape index (κ2) is 12.5. The molecule has 0 radical (unpaired) electrons. The normalized spacial score (nSPS) is 15.2. The Balaban J connectivity index is 1.69. The average molecular weight is 513 g/mol. The molecule has 1 atom stereocenters. The number of aromatic hydroxyl groups is 1. The number of nitrogens with one attached hydrogen (secondary N) is 3. The molecular weight excluding hydrogens is 484 g/mol.